The van der Waals surface area contributed by atoms with Gasteiger partial charge in [-0.2, -0.15) is 0 Å². The zero-order valence-corrected chi connectivity index (χ0v) is 16.9. The van der Waals surface area contributed by atoms with Crippen molar-refractivity contribution in [1.29, 1.82) is 0 Å². The van der Waals surface area contributed by atoms with E-state index in [0.717, 1.165) is 6.42 Å². The van der Waals surface area contributed by atoms with Gasteiger partial charge in [-0.25, -0.2) is 0 Å². The Labute approximate surface area is 165 Å². The molecule has 0 aromatic heterocycles. The topological polar surface area (TPSA) is 0 Å². The van der Waals surface area contributed by atoms with Crippen LogP contribution in [-0.4, -0.2) is 0 Å². The fourth-order valence-corrected chi connectivity index (χ4v) is 3.85. The summed E-state index contributed by atoms with van der Waals surface area (Å²) in [6.07, 6.45) is 20.7. The largest absolute Gasteiger partial charge is 0.125 e. The third-order valence-electron chi connectivity index (χ3n) is 5.92. The van der Waals surface area contributed by atoms with Gasteiger partial charge < -0.3 is 0 Å². The second-order valence-corrected chi connectivity index (χ2v) is 8.26. The van der Waals surface area contributed by atoms with Gasteiger partial charge >= 0.3 is 0 Å². The van der Waals surface area contributed by atoms with Gasteiger partial charge in [-0.05, 0) is 57.1 Å². The molecule has 0 amide bonds. The molecule has 1 fully saturated rings. The number of benzene rings is 1. The Morgan fingerprint density at radius 1 is 1.00 bits per heavy atom. The zero-order valence-electron chi connectivity index (χ0n) is 16.9. The predicted octanol–water partition coefficient (Wildman–Crippen LogP) is 7.03. The minimum absolute atomic E-state index is 0.281. The zero-order chi connectivity index (χ0) is 19.2. The molecule has 1 saturated carbocycles. The molecule has 2 unspecified atom stereocenters. The lowest BCUT2D eigenvalue weighted by molar-refractivity contribution is 0.433. The molecule has 0 saturated heterocycles. The normalized spacial score (nSPS) is 30.7. The summed E-state index contributed by atoms with van der Waals surface area (Å²) in [7, 11) is 0. The van der Waals surface area contributed by atoms with E-state index in [1.54, 1.807) is 0 Å². The van der Waals surface area contributed by atoms with Crippen molar-refractivity contribution in [3.05, 3.63) is 89.2 Å². The van der Waals surface area contributed by atoms with Crippen molar-refractivity contribution in [2.45, 2.75) is 52.9 Å². The number of rotatable bonds is 0. The number of hydrogen-bond acceptors (Lipinski definition) is 0. The van der Waals surface area contributed by atoms with Gasteiger partial charge in [0.2, 0.25) is 0 Å². The van der Waals surface area contributed by atoms with Crippen LogP contribution in [-0.2, 0) is 0 Å². The van der Waals surface area contributed by atoms with Gasteiger partial charge in [0.25, 0.3) is 0 Å². The first-order valence-electron chi connectivity index (χ1n) is 10.0. The molecule has 0 heterocycles. The Morgan fingerprint density at radius 2 is 1.74 bits per heavy atom. The highest BCUT2D eigenvalue weighted by atomic mass is 14.6. The molecule has 0 radical (unpaired) electrons. The Bertz CT molecular complexity index is 851. The van der Waals surface area contributed by atoms with Crippen molar-refractivity contribution < 1.29 is 0 Å². The van der Waals surface area contributed by atoms with E-state index in [1.165, 1.54) is 42.4 Å². The molecule has 3 aliphatic rings. The molecule has 0 nitrogen and oxygen atoms in total. The molecule has 27 heavy (non-hydrogen) atoms. The van der Waals surface area contributed by atoms with Crippen LogP contribution in [0.3, 0.4) is 0 Å². The molecule has 0 N–H and O–H groups in total. The molecule has 0 heteroatoms. The lowest BCUT2D eigenvalue weighted by Gasteiger charge is -2.13. The molecular formula is C27H30. The number of aryl methyl sites for hydroxylation is 2. The van der Waals surface area contributed by atoms with E-state index in [4.69, 9.17) is 0 Å². The van der Waals surface area contributed by atoms with Crippen molar-refractivity contribution in [3.63, 3.8) is 0 Å². The van der Waals surface area contributed by atoms with Crippen LogP contribution in [0.4, 0.5) is 0 Å². The fraction of sp³-hybridized carbons (Fsp3) is 0.370. The van der Waals surface area contributed by atoms with Crippen molar-refractivity contribution in [2.24, 2.45) is 10.8 Å². The Morgan fingerprint density at radius 3 is 2.48 bits per heavy atom. The maximum absolute atomic E-state index is 3.62. The molecular weight excluding hydrogens is 324 g/mol. The van der Waals surface area contributed by atoms with Crippen molar-refractivity contribution >= 4 is 0 Å². The summed E-state index contributed by atoms with van der Waals surface area (Å²) in [5.74, 6) is 7.06. The van der Waals surface area contributed by atoms with E-state index in [2.05, 4.69) is 93.0 Å². The minimum atomic E-state index is 0.281. The summed E-state index contributed by atoms with van der Waals surface area (Å²) >= 11 is 0. The molecule has 0 aliphatic heterocycles. The third kappa shape index (κ3) is 5.03. The van der Waals surface area contributed by atoms with Gasteiger partial charge in [0, 0.05) is 17.4 Å². The average molecular weight is 355 g/mol. The van der Waals surface area contributed by atoms with E-state index in [1.807, 2.05) is 12.2 Å². The van der Waals surface area contributed by atoms with Crippen LogP contribution in [0.15, 0.2) is 78.1 Å². The first kappa shape index (κ1) is 19.3. The van der Waals surface area contributed by atoms with Crippen LogP contribution in [0.25, 0.3) is 0 Å². The van der Waals surface area contributed by atoms with Gasteiger partial charge in [-0.1, -0.05) is 84.5 Å². The number of fused-ring (bicyclic) bond motifs is 1. The molecule has 1 aromatic rings. The monoisotopic (exact) mass is 354 g/mol. The molecule has 3 aliphatic carbocycles. The highest BCUT2D eigenvalue weighted by molar-refractivity contribution is 5.40. The van der Waals surface area contributed by atoms with E-state index in [0.29, 0.717) is 5.41 Å². The van der Waals surface area contributed by atoms with Gasteiger partial charge in [-0.15, -0.1) is 5.73 Å². The predicted molar refractivity (Wildman–Crippen MR) is 116 cm³/mol. The summed E-state index contributed by atoms with van der Waals surface area (Å²) in [4.78, 5) is 0. The smallest absolute Gasteiger partial charge is 0.0384 e. The Hall–Kier alpha value is -2.48. The average Bonchev–Trinajstić information content (AvgIpc) is 3.23. The van der Waals surface area contributed by atoms with E-state index in [-0.39, 0.29) is 5.41 Å². The highest BCUT2D eigenvalue weighted by Crippen LogP contribution is 2.68. The maximum atomic E-state index is 3.62. The van der Waals surface area contributed by atoms with Crippen LogP contribution >= 0.6 is 0 Å². The van der Waals surface area contributed by atoms with Crippen molar-refractivity contribution in [1.82, 2.24) is 0 Å². The molecule has 4 rings (SSSR count). The van der Waals surface area contributed by atoms with Crippen LogP contribution < -0.4 is 0 Å². The fourth-order valence-electron chi connectivity index (χ4n) is 3.85. The first-order valence-corrected chi connectivity index (χ1v) is 10.0. The molecule has 0 bridgehead atoms. The summed E-state index contributed by atoms with van der Waals surface area (Å²) in [5, 5.41) is 0. The van der Waals surface area contributed by atoms with Crippen LogP contribution in [0.2, 0.25) is 0 Å². The Kier molecular flexibility index (Phi) is 6.05. The minimum Gasteiger partial charge on any atom is -0.125 e. The summed E-state index contributed by atoms with van der Waals surface area (Å²) in [6, 6.07) is 8.48. The SMILES string of the molecule is CC12CC=CCCC1(C#C/C1=C/C=C\C=C=CC1)C2.Cc1ccc(C)cc1. The molecule has 0 spiro atoms. The first-order chi connectivity index (χ1) is 13.0. The molecule has 138 valence electrons. The lowest BCUT2D eigenvalue weighted by atomic mass is 9.89. The Balaban J connectivity index is 0.000000221. The summed E-state index contributed by atoms with van der Waals surface area (Å²) in [6.45, 7) is 6.59. The maximum Gasteiger partial charge on any atom is 0.0384 e. The quantitative estimate of drug-likeness (QED) is 0.266. The standard InChI is InChI=1S/C19H20.C8H10/c1-18-13-8-5-9-14-19(18,16-18)15-12-17-10-6-3-2-4-7-11-17;1-7-3-5-8(2)6-4-7/h2-3,5-8,10H,9,11,13-14,16H2,1H3;3-6H,1-2H3/b6-3-,17-10+;. The lowest BCUT2D eigenvalue weighted by Crippen LogP contribution is -2.07. The van der Waals surface area contributed by atoms with E-state index >= 15 is 0 Å². The second-order valence-electron chi connectivity index (χ2n) is 8.26. The van der Waals surface area contributed by atoms with Gasteiger partial charge in [0.1, 0.15) is 0 Å². The van der Waals surface area contributed by atoms with Crippen LogP contribution in [0.1, 0.15) is 50.2 Å². The number of allylic oxidation sites excluding steroid dienone is 7. The van der Waals surface area contributed by atoms with E-state index in [9.17, 15) is 0 Å². The highest BCUT2D eigenvalue weighted by Gasteiger charge is 2.62. The second kappa shape index (κ2) is 8.47. The van der Waals surface area contributed by atoms with Crippen LogP contribution in [0.5, 0.6) is 0 Å². The number of hydrogen-bond donors (Lipinski definition) is 0. The van der Waals surface area contributed by atoms with Gasteiger partial charge in [0.05, 0.1) is 0 Å². The van der Waals surface area contributed by atoms with Crippen LogP contribution in [0, 0.1) is 36.5 Å². The van der Waals surface area contributed by atoms with Crippen molar-refractivity contribution in [3.8, 4) is 11.8 Å². The summed E-state index contributed by atoms with van der Waals surface area (Å²) in [5.41, 5.74) is 7.71. The van der Waals surface area contributed by atoms with Gasteiger partial charge in [-0.3, -0.25) is 0 Å². The summed E-state index contributed by atoms with van der Waals surface area (Å²) < 4.78 is 0. The van der Waals surface area contributed by atoms with E-state index < -0.39 is 0 Å². The molecule has 2 atom stereocenters. The van der Waals surface area contributed by atoms with Gasteiger partial charge in [0.15, 0.2) is 0 Å². The molecule has 1 aromatic carbocycles. The van der Waals surface area contributed by atoms with Crippen molar-refractivity contribution in [2.75, 3.05) is 0 Å². The third-order valence-corrected chi connectivity index (χ3v) is 5.92.